The minimum Gasteiger partial charge on any atom is -0.507 e. The van der Waals surface area contributed by atoms with Crippen molar-refractivity contribution in [3.05, 3.63) is 24.7 Å². The summed E-state index contributed by atoms with van der Waals surface area (Å²) in [5, 5.41) is 12.7. The van der Waals surface area contributed by atoms with Crippen molar-refractivity contribution >= 4 is 66.6 Å². The van der Waals surface area contributed by atoms with Gasteiger partial charge in [0.05, 0.1) is 3.57 Å². The highest BCUT2D eigenvalue weighted by atomic mass is 127. The number of phenolic OH excluding ortho intramolecular Hbond substituents is 1. The number of benzene rings is 1. The van der Waals surface area contributed by atoms with Crippen LogP contribution in [-0.4, -0.2) is 5.11 Å². The second-order valence-corrected chi connectivity index (χ2v) is 5.44. The third kappa shape index (κ3) is 1.33. The Morgan fingerprint density at radius 2 is 2.00 bits per heavy atom. The maximum Gasteiger partial charge on any atom is 0.130 e. The number of halogens is 2. The molecule has 0 aliphatic rings. The predicted molar refractivity (Wildman–Crippen MR) is 68.9 cm³/mol. The van der Waals surface area contributed by atoms with Crippen molar-refractivity contribution in [2.24, 2.45) is 0 Å². The van der Waals surface area contributed by atoms with E-state index in [4.69, 9.17) is 0 Å². The standard InChI is InChI=1S/C8H4I2OS/c9-6-5(11)3-4-1-2-12-8(4)7(6)10/h1-3,11H. The molecule has 4 heteroatoms. The lowest BCUT2D eigenvalue weighted by Gasteiger charge is -2.00. The molecule has 1 heterocycles. The summed E-state index contributed by atoms with van der Waals surface area (Å²) >= 11 is 6.14. The minimum absolute atomic E-state index is 0.380. The summed E-state index contributed by atoms with van der Waals surface area (Å²) in [5.74, 6) is 0.380. The van der Waals surface area contributed by atoms with Gasteiger partial charge in [0, 0.05) is 8.27 Å². The van der Waals surface area contributed by atoms with Crippen LogP contribution in [0.3, 0.4) is 0 Å². The molecule has 2 aromatic rings. The number of fused-ring (bicyclic) bond motifs is 1. The van der Waals surface area contributed by atoms with Crippen LogP contribution in [0.25, 0.3) is 10.1 Å². The maximum absolute atomic E-state index is 9.51. The van der Waals surface area contributed by atoms with Crippen molar-refractivity contribution in [3.63, 3.8) is 0 Å². The van der Waals surface area contributed by atoms with Crippen molar-refractivity contribution in [2.45, 2.75) is 0 Å². The van der Waals surface area contributed by atoms with Crippen LogP contribution >= 0.6 is 56.5 Å². The Morgan fingerprint density at radius 1 is 1.25 bits per heavy atom. The average Bonchev–Trinajstić information content (AvgIpc) is 2.48. The van der Waals surface area contributed by atoms with E-state index in [1.807, 2.05) is 17.5 Å². The molecule has 2 rings (SSSR count). The summed E-state index contributed by atoms with van der Waals surface area (Å²) in [6.07, 6.45) is 0. The summed E-state index contributed by atoms with van der Waals surface area (Å²) in [6.45, 7) is 0. The molecule has 1 aromatic carbocycles. The van der Waals surface area contributed by atoms with Gasteiger partial charge >= 0.3 is 0 Å². The van der Waals surface area contributed by atoms with Crippen molar-refractivity contribution in [2.75, 3.05) is 0 Å². The molecule has 62 valence electrons. The van der Waals surface area contributed by atoms with E-state index < -0.39 is 0 Å². The second kappa shape index (κ2) is 3.30. The molecule has 0 fully saturated rings. The fourth-order valence-corrected chi connectivity index (χ4v) is 3.43. The van der Waals surface area contributed by atoms with Gasteiger partial charge in [0.15, 0.2) is 0 Å². The minimum atomic E-state index is 0.380. The molecule has 0 unspecified atom stereocenters. The smallest absolute Gasteiger partial charge is 0.130 e. The zero-order valence-electron chi connectivity index (χ0n) is 5.84. The lowest BCUT2D eigenvalue weighted by molar-refractivity contribution is 0.472. The highest BCUT2D eigenvalue weighted by molar-refractivity contribution is 14.1. The number of rotatable bonds is 0. The van der Waals surface area contributed by atoms with Gasteiger partial charge in [0.25, 0.3) is 0 Å². The van der Waals surface area contributed by atoms with E-state index in [0.717, 1.165) is 12.5 Å². The van der Waals surface area contributed by atoms with Crippen molar-refractivity contribution in [1.29, 1.82) is 0 Å². The van der Waals surface area contributed by atoms with E-state index >= 15 is 0 Å². The first-order chi connectivity index (χ1) is 5.70. The zero-order valence-corrected chi connectivity index (χ0v) is 11.0. The molecule has 1 N–H and O–H groups in total. The van der Waals surface area contributed by atoms with Gasteiger partial charge in [-0.3, -0.25) is 0 Å². The SMILES string of the molecule is Oc1cc2ccsc2c(I)c1I. The normalized spacial score (nSPS) is 10.8. The van der Waals surface area contributed by atoms with Crippen LogP contribution in [0.15, 0.2) is 17.5 Å². The summed E-state index contributed by atoms with van der Waals surface area (Å²) in [5.41, 5.74) is 0. The van der Waals surface area contributed by atoms with Crippen LogP contribution in [0.1, 0.15) is 0 Å². The van der Waals surface area contributed by atoms with Crippen LogP contribution in [0.4, 0.5) is 0 Å². The number of thiophene rings is 1. The van der Waals surface area contributed by atoms with E-state index in [9.17, 15) is 5.11 Å². The summed E-state index contributed by atoms with van der Waals surface area (Å²) in [7, 11) is 0. The number of hydrogen-bond donors (Lipinski definition) is 1. The third-order valence-electron chi connectivity index (χ3n) is 1.60. The highest BCUT2D eigenvalue weighted by Crippen LogP contribution is 2.35. The molecule has 0 aliphatic carbocycles. The average molecular weight is 402 g/mol. The summed E-state index contributed by atoms with van der Waals surface area (Å²) in [6, 6.07) is 3.84. The van der Waals surface area contributed by atoms with Crippen LogP contribution in [0, 0.1) is 7.14 Å². The Balaban J connectivity index is 2.94. The first-order valence-electron chi connectivity index (χ1n) is 3.24. The Bertz CT molecular complexity index is 436. The van der Waals surface area contributed by atoms with Gasteiger partial charge < -0.3 is 5.11 Å². The van der Waals surface area contributed by atoms with E-state index in [1.54, 1.807) is 11.3 Å². The lowest BCUT2D eigenvalue weighted by atomic mass is 10.2. The van der Waals surface area contributed by atoms with Gasteiger partial charge in [-0.25, -0.2) is 0 Å². The van der Waals surface area contributed by atoms with Crippen LogP contribution < -0.4 is 0 Å². The van der Waals surface area contributed by atoms with Crippen molar-refractivity contribution in [3.8, 4) is 5.75 Å². The van der Waals surface area contributed by atoms with Gasteiger partial charge in [-0.15, -0.1) is 11.3 Å². The Labute approximate surface area is 101 Å². The Morgan fingerprint density at radius 3 is 2.75 bits per heavy atom. The lowest BCUT2D eigenvalue weighted by Crippen LogP contribution is -1.79. The number of hydrogen-bond acceptors (Lipinski definition) is 2. The molecule has 0 amide bonds. The zero-order chi connectivity index (χ0) is 8.72. The summed E-state index contributed by atoms with van der Waals surface area (Å²) < 4.78 is 3.36. The van der Waals surface area contributed by atoms with Gasteiger partial charge in [0.2, 0.25) is 0 Å². The molecule has 1 nitrogen and oxygen atoms in total. The second-order valence-electron chi connectivity index (χ2n) is 2.36. The predicted octanol–water partition coefficient (Wildman–Crippen LogP) is 3.82. The number of phenols is 1. The molecule has 0 saturated carbocycles. The van der Waals surface area contributed by atoms with Crippen molar-refractivity contribution in [1.82, 2.24) is 0 Å². The first-order valence-corrected chi connectivity index (χ1v) is 6.28. The van der Waals surface area contributed by atoms with Gasteiger partial charge in [-0.05, 0) is 68.1 Å². The molecular weight excluding hydrogens is 398 g/mol. The third-order valence-corrected chi connectivity index (χ3v) is 6.12. The molecule has 0 saturated heterocycles. The quantitative estimate of drug-likeness (QED) is 0.665. The van der Waals surface area contributed by atoms with Crippen LogP contribution in [-0.2, 0) is 0 Å². The van der Waals surface area contributed by atoms with Gasteiger partial charge in [-0.2, -0.15) is 0 Å². The fourth-order valence-electron chi connectivity index (χ4n) is 1.03. The van der Waals surface area contributed by atoms with E-state index in [0.29, 0.717) is 5.75 Å². The summed E-state index contributed by atoms with van der Waals surface area (Å²) in [4.78, 5) is 0. The molecule has 0 bridgehead atoms. The van der Waals surface area contributed by atoms with Gasteiger partial charge in [0.1, 0.15) is 5.75 Å². The molecule has 12 heavy (non-hydrogen) atoms. The molecule has 1 aromatic heterocycles. The van der Waals surface area contributed by atoms with E-state index in [2.05, 4.69) is 45.2 Å². The van der Waals surface area contributed by atoms with Gasteiger partial charge in [-0.1, -0.05) is 0 Å². The molecule has 0 aliphatic heterocycles. The van der Waals surface area contributed by atoms with Crippen molar-refractivity contribution < 1.29 is 5.11 Å². The number of aromatic hydroxyl groups is 1. The topological polar surface area (TPSA) is 20.2 Å². The van der Waals surface area contributed by atoms with E-state index in [-0.39, 0.29) is 0 Å². The monoisotopic (exact) mass is 402 g/mol. The molecule has 0 spiro atoms. The first kappa shape index (κ1) is 9.01. The highest BCUT2D eigenvalue weighted by Gasteiger charge is 2.08. The van der Waals surface area contributed by atoms with Crippen LogP contribution in [0.5, 0.6) is 5.75 Å². The van der Waals surface area contributed by atoms with Crippen LogP contribution in [0.2, 0.25) is 0 Å². The maximum atomic E-state index is 9.51. The fraction of sp³-hybridized carbons (Fsp3) is 0. The molecule has 0 atom stereocenters. The van der Waals surface area contributed by atoms with E-state index in [1.165, 1.54) is 4.70 Å². The Hall–Kier alpha value is 0.440. The molecule has 0 radical (unpaired) electrons. The largest absolute Gasteiger partial charge is 0.507 e. The molecular formula is C8H4I2OS. The Kier molecular flexibility index (Phi) is 2.48.